The number of hydrogen-bond donors (Lipinski definition) is 3. The third-order valence-corrected chi connectivity index (χ3v) is 5.71. The summed E-state index contributed by atoms with van der Waals surface area (Å²) in [6, 6.07) is 16.2. The van der Waals surface area contributed by atoms with Crippen molar-refractivity contribution in [3.8, 4) is 0 Å². The highest BCUT2D eigenvalue weighted by atomic mass is 19.1. The van der Waals surface area contributed by atoms with E-state index >= 15 is 0 Å². The summed E-state index contributed by atoms with van der Waals surface area (Å²) in [5.74, 6) is 0.699. The van der Waals surface area contributed by atoms with E-state index in [1.165, 1.54) is 12.1 Å². The van der Waals surface area contributed by atoms with E-state index in [1.807, 2.05) is 37.3 Å². The molecule has 1 saturated heterocycles. The first-order valence-electron chi connectivity index (χ1n) is 10.8. The van der Waals surface area contributed by atoms with Gasteiger partial charge >= 0.3 is 0 Å². The van der Waals surface area contributed by atoms with Crippen molar-refractivity contribution < 1.29 is 9.13 Å². The van der Waals surface area contributed by atoms with Gasteiger partial charge in [-0.25, -0.2) is 9.37 Å². The molecule has 0 atom stereocenters. The maximum Gasteiger partial charge on any atom is 0.259 e. The molecule has 8 heteroatoms. The molecule has 33 heavy (non-hydrogen) atoms. The van der Waals surface area contributed by atoms with Crippen LogP contribution in [-0.2, 0) is 4.74 Å². The van der Waals surface area contributed by atoms with E-state index in [9.17, 15) is 9.18 Å². The molecular formula is C25H24FN5O2. The molecule has 168 valence electrons. The quantitative estimate of drug-likeness (QED) is 0.413. The minimum Gasteiger partial charge on any atom is -0.378 e. The number of rotatable bonds is 5. The summed E-state index contributed by atoms with van der Waals surface area (Å²) in [4.78, 5) is 22.3. The van der Waals surface area contributed by atoms with Crippen molar-refractivity contribution in [1.29, 1.82) is 0 Å². The monoisotopic (exact) mass is 445 g/mol. The topological polar surface area (TPSA) is 82.3 Å². The van der Waals surface area contributed by atoms with Gasteiger partial charge in [0.1, 0.15) is 17.5 Å². The molecule has 0 aliphatic carbocycles. The molecule has 2 aromatic carbocycles. The molecule has 3 heterocycles. The van der Waals surface area contributed by atoms with Gasteiger partial charge in [-0.15, -0.1) is 0 Å². The predicted molar refractivity (Wildman–Crippen MR) is 130 cm³/mol. The van der Waals surface area contributed by atoms with Crippen LogP contribution in [0.5, 0.6) is 0 Å². The van der Waals surface area contributed by atoms with Crippen molar-refractivity contribution in [3.63, 3.8) is 0 Å². The highest BCUT2D eigenvalue weighted by Crippen LogP contribution is 2.28. The van der Waals surface area contributed by atoms with Gasteiger partial charge in [0.15, 0.2) is 0 Å². The van der Waals surface area contributed by atoms with E-state index in [4.69, 9.17) is 4.74 Å². The Balaban J connectivity index is 1.48. The normalized spacial score (nSPS) is 13.8. The summed E-state index contributed by atoms with van der Waals surface area (Å²) in [7, 11) is 0. The first kappa shape index (κ1) is 21.0. The molecule has 1 aliphatic rings. The molecule has 0 radical (unpaired) electrons. The molecule has 0 spiro atoms. The molecule has 1 fully saturated rings. The number of anilines is 5. The Labute approximate surface area is 190 Å². The molecule has 2 aromatic heterocycles. The average molecular weight is 445 g/mol. The van der Waals surface area contributed by atoms with Crippen LogP contribution in [0.15, 0.2) is 65.6 Å². The molecular weight excluding hydrogens is 421 g/mol. The number of nitrogens with zero attached hydrogens (tertiary/aromatic N) is 2. The second kappa shape index (κ2) is 8.91. The number of benzene rings is 2. The maximum absolute atomic E-state index is 13.5. The Kier molecular flexibility index (Phi) is 5.66. The fourth-order valence-corrected chi connectivity index (χ4v) is 3.99. The predicted octanol–water partition coefficient (Wildman–Crippen LogP) is 4.69. The summed E-state index contributed by atoms with van der Waals surface area (Å²) in [5, 5.41) is 7.74. The number of nitrogens with one attached hydrogen (secondary N) is 3. The fraction of sp³-hybridized carbons (Fsp3) is 0.200. The van der Waals surface area contributed by atoms with Crippen molar-refractivity contribution in [2.24, 2.45) is 0 Å². The average Bonchev–Trinajstić information content (AvgIpc) is 2.82. The molecule has 3 N–H and O–H groups in total. The Bertz CT molecular complexity index is 1350. The van der Waals surface area contributed by atoms with Gasteiger partial charge in [-0.1, -0.05) is 0 Å². The summed E-state index contributed by atoms with van der Waals surface area (Å²) in [6.07, 6.45) is 1.61. The smallest absolute Gasteiger partial charge is 0.259 e. The lowest BCUT2D eigenvalue weighted by atomic mass is 10.1. The van der Waals surface area contributed by atoms with E-state index in [0.717, 1.165) is 54.3 Å². The van der Waals surface area contributed by atoms with Crippen LogP contribution >= 0.6 is 0 Å². The van der Waals surface area contributed by atoms with Crippen molar-refractivity contribution >= 4 is 39.5 Å². The number of pyridine rings is 2. The lowest BCUT2D eigenvalue weighted by Crippen LogP contribution is -2.36. The standard InChI is InChI=1S/C25H24FN5O2/c1-16-14-18(26)2-7-21(16)29-22-15-17-8-9-27-25(32)23(17)24(30-22)28-19-3-5-20(6-4-19)31-10-12-33-13-11-31/h2-9,14-15H,10-13H2,1H3,(H,27,32)(H2,28,29,30). The van der Waals surface area contributed by atoms with Gasteiger partial charge in [0.05, 0.1) is 18.6 Å². The molecule has 1 aliphatic heterocycles. The van der Waals surface area contributed by atoms with Crippen LogP contribution in [0.2, 0.25) is 0 Å². The zero-order valence-electron chi connectivity index (χ0n) is 18.2. The van der Waals surface area contributed by atoms with Crippen LogP contribution < -0.4 is 21.1 Å². The number of halogens is 1. The second-order valence-electron chi connectivity index (χ2n) is 7.98. The Morgan fingerprint density at radius 2 is 1.82 bits per heavy atom. The minimum atomic E-state index is -0.293. The second-order valence-corrected chi connectivity index (χ2v) is 7.98. The zero-order valence-corrected chi connectivity index (χ0v) is 18.2. The number of fused-ring (bicyclic) bond motifs is 1. The molecule has 0 bridgehead atoms. The molecule has 7 nitrogen and oxygen atoms in total. The summed E-state index contributed by atoms with van der Waals surface area (Å²) in [5.41, 5.74) is 3.22. The van der Waals surface area contributed by atoms with Crippen LogP contribution in [0.3, 0.4) is 0 Å². The van der Waals surface area contributed by atoms with Crippen LogP contribution in [0.25, 0.3) is 10.8 Å². The number of aromatic amines is 1. The van der Waals surface area contributed by atoms with Gasteiger partial charge in [-0.05, 0) is 72.5 Å². The van der Waals surface area contributed by atoms with E-state index < -0.39 is 0 Å². The Morgan fingerprint density at radius 1 is 1.03 bits per heavy atom. The number of aryl methyl sites for hydroxylation is 1. The van der Waals surface area contributed by atoms with Crippen LogP contribution in [0.1, 0.15) is 5.56 Å². The van der Waals surface area contributed by atoms with Gasteiger partial charge in [-0.3, -0.25) is 4.79 Å². The number of H-pyrrole nitrogens is 1. The van der Waals surface area contributed by atoms with Crippen LogP contribution in [0, 0.1) is 12.7 Å². The Morgan fingerprint density at radius 3 is 2.58 bits per heavy atom. The SMILES string of the molecule is Cc1cc(F)ccc1Nc1cc2cc[nH]c(=O)c2c(Nc2ccc(N3CCOCC3)cc2)n1. The lowest BCUT2D eigenvalue weighted by Gasteiger charge is -2.28. The third kappa shape index (κ3) is 4.51. The molecule has 0 unspecified atom stereocenters. The number of aromatic nitrogens is 2. The molecule has 4 aromatic rings. The first-order chi connectivity index (χ1) is 16.1. The van der Waals surface area contributed by atoms with E-state index in [2.05, 4.69) is 25.5 Å². The van der Waals surface area contributed by atoms with Crippen molar-refractivity contribution in [1.82, 2.24) is 9.97 Å². The van der Waals surface area contributed by atoms with Crippen LogP contribution in [0.4, 0.5) is 33.1 Å². The molecule has 0 saturated carbocycles. The highest BCUT2D eigenvalue weighted by molar-refractivity contribution is 5.94. The lowest BCUT2D eigenvalue weighted by molar-refractivity contribution is 0.122. The first-order valence-corrected chi connectivity index (χ1v) is 10.8. The highest BCUT2D eigenvalue weighted by Gasteiger charge is 2.13. The largest absolute Gasteiger partial charge is 0.378 e. The van der Waals surface area contributed by atoms with E-state index in [-0.39, 0.29) is 11.4 Å². The van der Waals surface area contributed by atoms with Gasteiger partial charge in [-0.2, -0.15) is 0 Å². The van der Waals surface area contributed by atoms with E-state index in [0.29, 0.717) is 17.0 Å². The van der Waals surface area contributed by atoms with Crippen molar-refractivity contribution in [2.75, 3.05) is 41.8 Å². The van der Waals surface area contributed by atoms with Crippen molar-refractivity contribution in [3.05, 3.63) is 82.5 Å². The summed E-state index contributed by atoms with van der Waals surface area (Å²) >= 11 is 0. The van der Waals surface area contributed by atoms with Gasteiger partial charge in [0.2, 0.25) is 0 Å². The van der Waals surface area contributed by atoms with E-state index in [1.54, 1.807) is 18.3 Å². The number of morpholine rings is 1. The van der Waals surface area contributed by atoms with Gasteiger partial charge in [0.25, 0.3) is 5.56 Å². The third-order valence-electron chi connectivity index (χ3n) is 5.71. The maximum atomic E-state index is 13.5. The Hall–Kier alpha value is -3.91. The summed E-state index contributed by atoms with van der Waals surface area (Å²) < 4.78 is 18.9. The van der Waals surface area contributed by atoms with Crippen molar-refractivity contribution in [2.45, 2.75) is 6.92 Å². The molecule has 0 amide bonds. The number of ether oxygens (including phenoxy) is 1. The fourth-order valence-electron chi connectivity index (χ4n) is 3.99. The minimum absolute atomic E-state index is 0.225. The van der Waals surface area contributed by atoms with Crippen LogP contribution in [-0.4, -0.2) is 36.3 Å². The number of hydrogen-bond acceptors (Lipinski definition) is 6. The summed E-state index contributed by atoms with van der Waals surface area (Å²) in [6.45, 7) is 5.01. The molecule has 5 rings (SSSR count). The van der Waals surface area contributed by atoms with Gasteiger partial charge in [0, 0.05) is 36.3 Å². The van der Waals surface area contributed by atoms with Gasteiger partial charge < -0.3 is 25.3 Å². The zero-order chi connectivity index (χ0) is 22.8.